The zero-order valence-electron chi connectivity index (χ0n) is 17.2. The second-order valence-electron chi connectivity index (χ2n) is 7.53. The number of sulfonamides is 1. The van der Waals surface area contributed by atoms with Gasteiger partial charge in [0.25, 0.3) is 15.6 Å². The minimum atomic E-state index is -3.49. The Morgan fingerprint density at radius 3 is 2.58 bits per heavy atom. The van der Waals surface area contributed by atoms with Crippen LogP contribution in [0.4, 0.5) is 0 Å². The molecule has 0 unspecified atom stereocenters. The summed E-state index contributed by atoms with van der Waals surface area (Å²) in [6.07, 6.45) is 1.39. The van der Waals surface area contributed by atoms with Gasteiger partial charge in [-0.25, -0.2) is 13.4 Å². The molecule has 1 saturated heterocycles. The molecule has 31 heavy (non-hydrogen) atoms. The molecule has 3 heterocycles. The van der Waals surface area contributed by atoms with E-state index in [2.05, 4.69) is 9.97 Å². The first-order valence-electron chi connectivity index (χ1n) is 10.2. The van der Waals surface area contributed by atoms with E-state index < -0.39 is 10.0 Å². The molecule has 8 nitrogen and oxygen atoms in total. The number of para-hydroxylation sites is 1. The van der Waals surface area contributed by atoms with Gasteiger partial charge in [-0.3, -0.25) is 9.59 Å². The normalized spacial score (nSPS) is 15.5. The molecule has 10 heteroatoms. The zero-order valence-corrected chi connectivity index (χ0v) is 18.8. The van der Waals surface area contributed by atoms with Crippen molar-refractivity contribution in [2.45, 2.75) is 30.4 Å². The number of nitrogens with one attached hydrogen (secondary N) is 1. The Hall–Kier alpha value is -2.56. The number of thiophene rings is 1. The van der Waals surface area contributed by atoms with Gasteiger partial charge in [-0.05, 0) is 37.6 Å². The molecule has 0 saturated carbocycles. The molecule has 3 aromatic rings. The molecule has 1 aliphatic heterocycles. The number of fused-ring (bicyclic) bond motifs is 1. The number of piperazine rings is 1. The minimum Gasteiger partial charge on any atom is -0.340 e. The maximum atomic E-state index is 12.7. The number of H-pyrrole nitrogens is 1. The number of carbonyl (C=O) groups is 1. The van der Waals surface area contributed by atoms with Crippen LogP contribution in [0.1, 0.15) is 23.5 Å². The maximum Gasteiger partial charge on any atom is 0.258 e. The number of rotatable bonds is 6. The van der Waals surface area contributed by atoms with Crippen molar-refractivity contribution in [3.05, 3.63) is 57.5 Å². The van der Waals surface area contributed by atoms with Gasteiger partial charge in [-0.1, -0.05) is 12.1 Å². The highest BCUT2D eigenvalue weighted by Crippen LogP contribution is 2.25. The van der Waals surface area contributed by atoms with Gasteiger partial charge < -0.3 is 9.88 Å². The van der Waals surface area contributed by atoms with Crippen molar-refractivity contribution in [3.8, 4) is 0 Å². The first-order valence-corrected chi connectivity index (χ1v) is 12.4. The van der Waals surface area contributed by atoms with Crippen LogP contribution in [0.15, 0.2) is 45.4 Å². The van der Waals surface area contributed by atoms with E-state index in [0.717, 1.165) is 4.88 Å². The van der Waals surface area contributed by atoms with Crippen LogP contribution in [0.3, 0.4) is 0 Å². The molecule has 1 fully saturated rings. The van der Waals surface area contributed by atoms with Crippen molar-refractivity contribution < 1.29 is 13.2 Å². The van der Waals surface area contributed by atoms with Crippen molar-refractivity contribution in [1.29, 1.82) is 0 Å². The van der Waals surface area contributed by atoms with Crippen LogP contribution in [0.5, 0.6) is 0 Å². The quantitative estimate of drug-likeness (QED) is 0.607. The molecular formula is C21H24N4O4S2. The smallest absolute Gasteiger partial charge is 0.258 e. The molecule has 1 amide bonds. The summed E-state index contributed by atoms with van der Waals surface area (Å²) in [7, 11) is -3.49. The van der Waals surface area contributed by atoms with Crippen molar-refractivity contribution in [2.75, 3.05) is 26.2 Å². The molecule has 1 aromatic carbocycles. The summed E-state index contributed by atoms with van der Waals surface area (Å²) in [6.45, 7) is 3.24. The number of benzene rings is 1. The third-order valence-corrected chi connectivity index (χ3v) is 8.73. The largest absolute Gasteiger partial charge is 0.340 e. The molecule has 0 radical (unpaired) electrons. The lowest BCUT2D eigenvalue weighted by molar-refractivity contribution is -0.132. The predicted molar refractivity (Wildman–Crippen MR) is 120 cm³/mol. The molecule has 0 atom stereocenters. The van der Waals surface area contributed by atoms with Crippen molar-refractivity contribution >= 4 is 38.2 Å². The molecule has 1 N–H and O–H groups in total. The lowest BCUT2D eigenvalue weighted by Gasteiger charge is -2.33. The molecule has 164 valence electrons. The molecule has 4 rings (SSSR count). The van der Waals surface area contributed by atoms with E-state index in [4.69, 9.17) is 0 Å². The first-order chi connectivity index (χ1) is 14.8. The number of nitrogens with zero attached hydrogens (tertiary/aromatic N) is 3. The minimum absolute atomic E-state index is 0.00727. The third kappa shape index (κ3) is 4.70. The average molecular weight is 461 g/mol. The van der Waals surface area contributed by atoms with E-state index in [-0.39, 0.29) is 11.5 Å². The van der Waals surface area contributed by atoms with Crippen LogP contribution in [-0.2, 0) is 21.2 Å². The fraction of sp³-hybridized carbons (Fsp3) is 0.381. The van der Waals surface area contributed by atoms with E-state index in [1.807, 2.05) is 13.0 Å². The van der Waals surface area contributed by atoms with Crippen LogP contribution in [0.25, 0.3) is 10.9 Å². The summed E-state index contributed by atoms with van der Waals surface area (Å²) in [5, 5.41) is 0.549. The van der Waals surface area contributed by atoms with Crippen LogP contribution in [0.2, 0.25) is 0 Å². The Kier molecular flexibility index (Phi) is 6.22. The zero-order chi connectivity index (χ0) is 22.0. The standard InChI is InChI=1S/C21H24N4O4S2/c1-15-9-10-20(30-15)31(28,29)25-13-11-24(12-14-25)19(26)8-4-7-18-22-17-6-3-2-5-16(17)21(27)23-18/h2-3,5-6,9-10H,4,7-8,11-14H2,1H3,(H,22,23,27). The van der Waals surface area contributed by atoms with E-state index in [1.165, 1.54) is 15.6 Å². The highest BCUT2D eigenvalue weighted by Gasteiger charge is 2.30. The van der Waals surface area contributed by atoms with Crippen molar-refractivity contribution in [2.24, 2.45) is 0 Å². The lowest BCUT2D eigenvalue weighted by atomic mass is 10.2. The van der Waals surface area contributed by atoms with E-state index in [1.54, 1.807) is 35.2 Å². The summed E-state index contributed by atoms with van der Waals surface area (Å²) < 4.78 is 27.2. The van der Waals surface area contributed by atoms with Gasteiger partial charge >= 0.3 is 0 Å². The molecule has 2 aromatic heterocycles. The van der Waals surface area contributed by atoms with Crippen molar-refractivity contribution in [3.63, 3.8) is 0 Å². The molecule has 0 spiro atoms. The monoisotopic (exact) mass is 460 g/mol. The number of hydrogen-bond acceptors (Lipinski definition) is 6. The number of aromatic nitrogens is 2. The first kappa shape index (κ1) is 21.7. The maximum absolute atomic E-state index is 12.7. The Balaban J connectivity index is 1.29. The molecule has 0 bridgehead atoms. The van der Waals surface area contributed by atoms with Gasteiger partial charge in [-0.2, -0.15) is 4.31 Å². The predicted octanol–water partition coefficient (Wildman–Crippen LogP) is 2.15. The van der Waals surface area contributed by atoms with Gasteiger partial charge in [0, 0.05) is 43.9 Å². The number of aromatic amines is 1. The van der Waals surface area contributed by atoms with Gasteiger partial charge in [0.1, 0.15) is 10.0 Å². The van der Waals surface area contributed by atoms with Crippen LogP contribution < -0.4 is 5.56 Å². The number of amides is 1. The van der Waals surface area contributed by atoms with Crippen LogP contribution in [0, 0.1) is 6.92 Å². The Morgan fingerprint density at radius 1 is 1.13 bits per heavy atom. The Labute approximate surface area is 184 Å². The second-order valence-corrected chi connectivity index (χ2v) is 11.0. The van der Waals surface area contributed by atoms with E-state index >= 15 is 0 Å². The third-order valence-electron chi connectivity index (χ3n) is 5.37. The summed E-state index contributed by atoms with van der Waals surface area (Å²) in [6, 6.07) is 10.6. The van der Waals surface area contributed by atoms with Crippen molar-refractivity contribution in [1.82, 2.24) is 19.2 Å². The highest BCUT2D eigenvalue weighted by atomic mass is 32.2. The van der Waals surface area contributed by atoms with E-state index in [9.17, 15) is 18.0 Å². The number of aryl methyl sites for hydroxylation is 2. The van der Waals surface area contributed by atoms with Gasteiger partial charge in [0.2, 0.25) is 5.91 Å². The summed E-state index contributed by atoms with van der Waals surface area (Å²) in [5.41, 5.74) is 0.469. The summed E-state index contributed by atoms with van der Waals surface area (Å²) in [4.78, 5) is 34.6. The van der Waals surface area contributed by atoms with E-state index in [0.29, 0.717) is 66.4 Å². The fourth-order valence-electron chi connectivity index (χ4n) is 3.67. The number of hydrogen-bond donors (Lipinski definition) is 1. The fourth-order valence-corrected chi connectivity index (χ4v) is 6.53. The summed E-state index contributed by atoms with van der Waals surface area (Å²) >= 11 is 1.26. The molecule has 1 aliphatic rings. The van der Waals surface area contributed by atoms with Gasteiger partial charge in [-0.15, -0.1) is 11.3 Å². The van der Waals surface area contributed by atoms with Crippen LogP contribution >= 0.6 is 11.3 Å². The Morgan fingerprint density at radius 2 is 1.87 bits per heavy atom. The van der Waals surface area contributed by atoms with Crippen LogP contribution in [-0.4, -0.2) is 59.7 Å². The van der Waals surface area contributed by atoms with Gasteiger partial charge in [0.05, 0.1) is 10.9 Å². The molecule has 0 aliphatic carbocycles. The second kappa shape index (κ2) is 8.89. The number of carbonyl (C=O) groups excluding carboxylic acids is 1. The Bertz CT molecular complexity index is 1260. The SMILES string of the molecule is Cc1ccc(S(=O)(=O)N2CCN(C(=O)CCCc3nc4ccccc4c(=O)[nH]3)CC2)s1. The highest BCUT2D eigenvalue weighted by molar-refractivity contribution is 7.91. The summed E-state index contributed by atoms with van der Waals surface area (Å²) in [5.74, 6) is 0.561. The molecular weight excluding hydrogens is 436 g/mol. The topological polar surface area (TPSA) is 103 Å². The van der Waals surface area contributed by atoms with Gasteiger partial charge in [0.15, 0.2) is 0 Å². The average Bonchev–Trinajstić information content (AvgIpc) is 3.21. The lowest BCUT2D eigenvalue weighted by Crippen LogP contribution is -2.50.